The van der Waals surface area contributed by atoms with E-state index in [4.69, 9.17) is 0 Å². The molecule has 0 bridgehead atoms. The van der Waals surface area contributed by atoms with Gasteiger partial charge in [-0.2, -0.15) is 0 Å². The van der Waals surface area contributed by atoms with Crippen LogP contribution in [0.1, 0.15) is 12.0 Å². The van der Waals surface area contributed by atoms with E-state index in [0.29, 0.717) is 12.0 Å². The number of benzene rings is 1. The Morgan fingerprint density at radius 1 is 1.35 bits per heavy atom. The summed E-state index contributed by atoms with van der Waals surface area (Å²) >= 11 is 0. The van der Waals surface area contributed by atoms with Gasteiger partial charge in [-0.05, 0) is 18.1 Å². The Bertz CT molecular complexity index is 536. The van der Waals surface area contributed by atoms with Gasteiger partial charge >= 0.3 is 0 Å². The number of halogens is 1. The fourth-order valence-electron chi connectivity index (χ4n) is 2.02. The van der Waals surface area contributed by atoms with E-state index in [1.165, 1.54) is 6.07 Å². The predicted octanol–water partition coefficient (Wildman–Crippen LogP) is 1.37. The zero-order chi connectivity index (χ0) is 12.5. The molecule has 1 aliphatic heterocycles. The van der Waals surface area contributed by atoms with Gasteiger partial charge < -0.3 is 0 Å². The van der Waals surface area contributed by atoms with Crippen LogP contribution in [0.15, 0.2) is 24.3 Å². The second kappa shape index (κ2) is 4.56. The quantitative estimate of drug-likeness (QED) is 0.820. The molecule has 1 aromatic rings. The first-order chi connectivity index (χ1) is 7.98. The van der Waals surface area contributed by atoms with Gasteiger partial charge in [-0.25, -0.2) is 12.8 Å². The summed E-state index contributed by atoms with van der Waals surface area (Å²) in [4.78, 5) is 11.8. The maximum absolute atomic E-state index is 13.3. The van der Waals surface area contributed by atoms with Crippen molar-refractivity contribution >= 4 is 15.6 Å². The number of hydrogen-bond donors (Lipinski definition) is 0. The molecular formula is C12H13FO3S. The Morgan fingerprint density at radius 2 is 2.06 bits per heavy atom. The number of hydrogen-bond acceptors (Lipinski definition) is 3. The second-order valence-corrected chi connectivity index (χ2v) is 6.56. The Balaban J connectivity index is 2.06. The third kappa shape index (κ3) is 2.91. The molecule has 0 saturated carbocycles. The van der Waals surface area contributed by atoms with Crippen LogP contribution < -0.4 is 0 Å². The Labute approximate surface area is 99.6 Å². The van der Waals surface area contributed by atoms with E-state index < -0.39 is 21.6 Å². The molecule has 0 radical (unpaired) electrons. The second-order valence-electron chi connectivity index (χ2n) is 4.33. The van der Waals surface area contributed by atoms with E-state index >= 15 is 0 Å². The van der Waals surface area contributed by atoms with E-state index in [0.717, 1.165) is 0 Å². The summed E-state index contributed by atoms with van der Waals surface area (Å²) in [5, 5.41) is 0. The third-order valence-electron chi connectivity index (χ3n) is 3.01. The lowest BCUT2D eigenvalue weighted by Gasteiger charge is -2.07. The number of sulfone groups is 1. The van der Waals surface area contributed by atoms with Gasteiger partial charge in [-0.15, -0.1) is 0 Å². The topological polar surface area (TPSA) is 51.2 Å². The number of ketones is 1. The van der Waals surface area contributed by atoms with Crippen LogP contribution in [0.5, 0.6) is 0 Å². The molecule has 17 heavy (non-hydrogen) atoms. The Kier molecular flexibility index (Phi) is 3.28. The van der Waals surface area contributed by atoms with Crippen LogP contribution in [0, 0.1) is 11.7 Å². The summed E-state index contributed by atoms with van der Waals surface area (Å²) in [5.41, 5.74) is 0.335. The summed E-state index contributed by atoms with van der Waals surface area (Å²) < 4.78 is 35.8. The molecule has 1 saturated heterocycles. The minimum Gasteiger partial charge on any atom is -0.299 e. The molecule has 1 fully saturated rings. The van der Waals surface area contributed by atoms with E-state index in [1.54, 1.807) is 18.2 Å². The van der Waals surface area contributed by atoms with Gasteiger partial charge in [0.05, 0.1) is 11.5 Å². The lowest BCUT2D eigenvalue weighted by molar-refractivity contribution is -0.121. The molecule has 92 valence electrons. The molecule has 2 rings (SSSR count). The Hall–Kier alpha value is -1.23. The molecule has 1 unspecified atom stereocenters. The standard InChI is InChI=1S/C12H13FO3S/c13-11-4-2-1-3-9(11)7-12(14)10-5-6-17(15,16)8-10/h1-4,10H,5-8H2. The highest BCUT2D eigenvalue weighted by atomic mass is 32.2. The number of Topliss-reactive ketones (excluding diaryl/α,β-unsaturated/α-hetero) is 1. The van der Waals surface area contributed by atoms with Gasteiger partial charge in [-0.1, -0.05) is 18.2 Å². The van der Waals surface area contributed by atoms with Crippen molar-refractivity contribution in [2.75, 3.05) is 11.5 Å². The molecule has 3 nitrogen and oxygen atoms in total. The largest absolute Gasteiger partial charge is 0.299 e. The molecule has 0 aromatic heterocycles. The normalized spacial score (nSPS) is 22.5. The van der Waals surface area contributed by atoms with Crippen LogP contribution in [-0.4, -0.2) is 25.7 Å². The molecule has 1 atom stereocenters. The highest BCUT2D eigenvalue weighted by Gasteiger charge is 2.32. The monoisotopic (exact) mass is 256 g/mol. The predicted molar refractivity (Wildman–Crippen MR) is 61.9 cm³/mol. The zero-order valence-electron chi connectivity index (χ0n) is 9.23. The van der Waals surface area contributed by atoms with E-state index in [1.807, 2.05) is 0 Å². The molecule has 1 aliphatic rings. The zero-order valence-corrected chi connectivity index (χ0v) is 10.0. The van der Waals surface area contributed by atoms with Crippen molar-refractivity contribution in [3.8, 4) is 0 Å². The fraction of sp³-hybridized carbons (Fsp3) is 0.417. The maximum Gasteiger partial charge on any atom is 0.151 e. The van der Waals surface area contributed by atoms with Crippen molar-refractivity contribution in [3.05, 3.63) is 35.6 Å². The van der Waals surface area contributed by atoms with E-state index in [2.05, 4.69) is 0 Å². The van der Waals surface area contributed by atoms with Gasteiger partial charge in [0.25, 0.3) is 0 Å². The van der Waals surface area contributed by atoms with Crippen LogP contribution in [0.25, 0.3) is 0 Å². The lowest BCUT2D eigenvalue weighted by Crippen LogP contribution is -2.18. The molecule has 0 aliphatic carbocycles. The third-order valence-corrected chi connectivity index (χ3v) is 4.78. The van der Waals surface area contributed by atoms with Crippen LogP contribution >= 0.6 is 0 Å². The maximum atomic E-state index is 13.3. The number of carbonyl (C=O) groups is 1. The van der Waals surface area contributed by atoms with Crippen molar-refractivity contribution in [2.24, 2.45) is 5.92 Å². The highest BCUT2D eigenvalue weighted by molar-refractivity contribution is 7.91. The highest BCUT2D eigenvalue weighted by Crippen LogP contribution is 2.21. The number of carbonyl (C=O) groups excluding carboxylic acids is 1. The van der Waals surface area contributed by atoms with Gasteiger partial charge in [0, 0.05) is 12.3 Å². The first-order valence-corrected chi connectivity index (χ1v) is 7.26. The average Bonchev–Trinajstić information content (AvgIpc) is 2.62. The van der Waals surface area contributed by atoms with Crippen LogP contribution in [0.2, 0.25) is 0 Å². The molecule has 5 heteroatoms. The first-order valence-electron chi connectivity index (χ1n) is 5.44. The van der Waals surface area contributed by atoms with Crippen LogP contribution in [0.4, 0.5) is 4.39 Å². The van der Waals surface area contributed by atoms with Crippen molar-refractivity contribution in [1.29, 1.82) is 0 Å². The van der Waals surface area contributed by atoms with Gasteiger partial charge in [0.1, 0.15) is 11.6 Å². The average molecular weight is 256 g/mol. The Morgan fingerprint density at radius 3 is 2.65 bits per heavy atom. The lowest BCUT2D eigenvalue weighted by atomic mass is 9.97. The molecule has 1 heterocycles. The molecule has 0 N–H and O–H groups in total. The van der Waals surface area contributed by atoms with Crippen LogP contribution in [0.3, 0.4) is 0 Å². The van der Waals surface area contributed by atoms with E-state index in [-0.39, 0.29) is 23.7 Å². The minimum absolute atomic E-state index is 0.0210. The SMILES string of the molecule is O=C(Cc1ccccc1F)C1CCS(=O)(=O)C1. The van der Waals surface area contributed by atoms with Crippen molar-refractivity contribution < 1.29 is 17.6 Å². The van der Waals surface area contributed by atoms with Crippen molar-refractivity contribution in [2.45, 2.75) is 12.8 Å². The van der Waals surface area contributed by atoms with Gasteiger partial charge in [0.15, 0.2) is 9.84 Å². The summed E-state index contributed by atoms with van der Waals surface area (Å²) in [6.45, 7) is 0. The molecule has 1 aromatic carbocycles. The van der Waals surface area contributed by atoms with Crippen LogP contribution in [-0.2, 0) is 21.1 Å². The molecular weight excluding hydrogens is 243 g/mol. The van der Waals surface area contributed by atoms with Gasteiger partial charge in [0.2, 0.25) is 0 Å². The van der Waals surface area contributed by atoms with Crippen molar-refractivity contribution in [1.82, 2.24) is 0 Å². The van der Waals surface area contributed by atoms with Gasteiger partial charge in [-0.3, -0.25) is 4.79 Å². The summed E-state index contributed by atoms with van der Waals surface area (Å²) in [6, 6.07) is 6.07. The minimum atomic E-state index is -3.06. The fourth-order valence-corrected chi connectivity index (χ4v) is 3.80. The van der Waals surface area contributed by atoms with Crippen molar-refractivity contribution in [3.63, 3.8) is 0 Å². The summed E-state index contributed by atoms with van der Waals surface area (Å²) in [6.07, 6.45) is 0.350. The first kappa shape index (κ1) is 12.2. The summed E-state index contributed by atoms with van der Waals surface area (Å²) in [5.74, 6) is -1.07. The smallest absolute Gasteiger partial charge is 0.151 e. The summed E-state index contributed by atoms with van der Waals surface area (Å²) in [7, 11) is -3.06. The molecule has 0 spiro atoms. The molecule has 0 amide bonds. The number of rotatable bonds is 3. The van der Waals surface area contributed by atoms with E-state index in [9.17, 15) is 17.6 Å².